The normalized spacial score (nSPS) is 26.4. The van der Waals surface area contributed by atoms with Crippen LogP contribution in [0.15, 0.2) is 18.2 Å². The van der Waals surface area contributed by atoms with Gasteiger partial charge in [0.15, 0.2) is 0 Å². The minimum absolute atomic E-state index is 0.344. The van der Waals surface area contributed by atoms with Crippen molar-refractivity contribution in [2.75, 3.05) is 20.2 Å². The van der Waals surface area contributed by atoms with Crippen LogP contribution in [0.5, 0.6) is 11.5 Å². The number of phenols is 1. The molecule has 2 saturated heterocycles. The minimum atomic E-state index is 0.344. The van der Waals surface area contributed by atoms with Gasteiger partial charge in [-0.1, -0.05) is 0 Å². The zero-order chi connectivity index (χ0) is 13.9. The fourth-order valence-electron chi connectivity index (χ4n) is 3.49. The molecule has 2 unspecified atom stereocenters. The number of fused-ring (bicyclic) bond motifs is 1. The highest BCUT2D eigenvalue weighted by Crippen LogP contribution is 2.28. The first-order chi connectivity index (χ1) is 9.76. The third-order valence-electron chi connectivity index (χ3n) is 4.69. The van der Waals surface area contributed by atoms with Gasteiger partial charge >= 0.3 is 0 Å². The van der Waals surface area contributed by atoms with Crippen molar-refractivity contribution in [1.82, 2.24) is 10.2 Å². The molecule has 0 aliphatic carbocycles. The molecule has 2 aliphatic heterocycles. The molecule has 2 fully saturated rings. The number of nitrogens with zero attached hydrogens (tertiary/aromatic N) is 1. The number of piperidine rings is 1. The average Bonchev–Trinajstić information content (AvgIpc) is 2.94. The molecular weight excluding hydrogens is 252 g/mol. The van der Waals surface area contributed by atoms with E-state index in [1.165, 1.54) is 38.8 Å². The number of ether oxygens (including phenoxy) is 1. The van der Waals surface area contributed by atoms with Crippen molar-refractivity contribution < 1.29 is 9.84 Å². The second-order valence-electron chi connectivity index (χ2n) is 5.93. The Morgan fingerprint density at radius 2 is 2.25 bits per heavy atom. The molecule has 0 aromatic heterocycles. The number of aromatic hydroxyl groups is 1. The Kier molecular flexibility index (Phi) is 4.13. The first kappa shape index (κ1) is 13.7. The van der Waals surface area contributed by atoms with Gasteiger partial charge in [0.1, 0.15) is 11.5 Å². The topological polar surface area (TPSA) is 44.7 Å². The molecule has 1 aromatic carbocycles. The van der Waals surface area contributed by atoms with Gasteiger partial charge in [0.05, 0.1) is 7.11 Å². The third-order valence-corrected chi connectivity index (χ3v) is 4.69. The number of nitrogens with one attached hydrogen (secondary N) is 1. The summed E-state index contributed by atoms with van der Waals surface area (Å²) in [5.41, 5.74) is 0.915. The molecule has 0 amide bonds. The molecule has 2 heterocycles. The molecule has 4 nitrogen and oxygen atoms in total. The molecule has 20 heavy (non-hydrogen) atoms. The van der Waals surface area contributed by atoms with Gasteiger partial charge in [-0.05, 0) is 57.0 Å². The molecule has 4 heteroatoms. The largest absolute Gasteiger partial charge is 0.508 e. The highest BCUT2D eigenvalue weighted by molar-refractivity contribution is 5.39. The van der Waals surface area contributed by atoms with Crippen molar-refractivity contribution in [2.24, 2.45) is 0 Å². The number of benzene rings is 1. The third kappa shape index (κ3) is 2.91. The van der Waals surface area contributed by atoms with Crippen LogP contribution in [0.25, 0.3) is 0 Å². The molecular formula is C16H24N2O2. The van der Waals surface area contributed by atoms with E-state index in [2.05, 4.69) is 10.2 Å². The van der Waals surface area contributed by atoms with Crippen LogP contribution in [0.4, 0.5) is 0 Å². The monoisotopic (exact) mass is 276 g/mol. The van der Waals surface area contributed by atoms with Crippen molar-refractivity contribution in [3.05, 3.63) is 23.8 Å². The van der Waals surface area contributed by atoms with Crippen LogP contribution in [0.2, 0.25) is 0 Å². The fraction of sp³-hybridized carbons (Fsp3) is 0.625. The summed E-state index contributed by atoms with van der Waals surface area (Å²) in [5.74, 6) is 1.14. The van der Waals surface area contributed by atoms with Gasteiger partial charge in [0.25, 0.3) is 0 Å². The summed E-state index contributed by atoms with van der Waals surface area (Å²) in [6, 6.07) is 6.75. The van der Waals surface area contributed by atoms with Gasteiger partial charge in [-0.2, -0.15) is 0 Å². The predicted molar refractivity (Wildman–Crippen MR) is 79.1 cm³/mol. The molecule has 2 aliphatic rings. The van der Waals surface area contributed by atoms with Crippen LogP contribution in [0.1, 0.15) is 31.2 Å². The fourth-order valence-corrected chi connectivity index (χ4v) is 3.49. The van der Waals surface area contributed by atoms with Crippen LogP contribution in [-0.2, 0) is 6.54 Å². The van der Waals surface area contributed by atoms with E-state index >= 15 is 0 Å². The Labute approximate surface area is 120 Å². The van der Waals surface area contributed by atoms with Crippen molar-refractivity contribution in [3.63, 3.8) is 0 Å². The van der Waals surface area contributed by atoms with Crippen LogP contribution in [0.3, 0.4) is 0 Å². The van der Waals surface area contributed by atoms with E-state index in [0.29, 0.717) is 18.3 Å². The van der Waals surface area contributed by atoms with E-state index in [0.717, 1.165) is 17.4 Å². The lowest BCUT2D eigenvalue weighted by Gasteiger charge is -2.35. The van der Waals surface area contributed by atoms with Gasteiger partial charge in [-0.15, -0.1) is 0 Å². The summed E-state index contributed by atoms with van der Waals surface area (Å²) < 4.78 is 5.21. The smallest absolute Gasteiger partial charge is 0.120 e. The number of methoxy groups -OCH3 is 1. The number of hydrogen-bond donors (Lipinski definition) is 2. The minimum Gasteiger partial charge on any atom is -0.508 e. The Morgan fingerprint density at radius 1 is 1.35 bits per heavy atom. The molecule has 0 spiro atoms. The molecule has 0 saturated carbocycles. The van der Waals surface area contributed by atoms with E-state index < -0.39 is 0 Å². The van der Waals surface area contributed by atoms with Crippen molar-refractivity contribution >= 4 is 0 Å². The Bertz CT molecular complexity index is 464. The summed E-state index contributed by atoms with van der Waals surface area (Å²) in [6.07, 6.45) is 5.16. The van der Waals surface area contributed by atoms with Crippen molar-refractivity contribution in [2.45, 2.75) is 44.3 Å². The standard InChI is InChI=1S/C16H24N2O2/c1-20-15-4-5-16(19)12(9-15)11-17-13-6-8-18-7-2-3-14(18)10-13/h4-5,9,13-14,17,19H,2-3,6-8,10-11H2,1H3. The Morgan fingerprint density at radius 3 is 3.10 bits per heavy atom. The van der Waals surface area contributed by atoms with E-state index in [9.17, 15) is 5.11 Å². The van der Waals surface area contributed by atoms with E-state index in [4.69, 9.17) is 4.74 Å². The number of phenolic OH excluding ortho intramolecular Hbond substituents is 1. The zero-order valence-corrected chi connectivity index (χ0v) is 12.1. The number of hydrogen-bond acceptors (Lipinski definition) is 4. The maximum atomic E-state index is 9.91. The molecule has 1 aromatic rings. The zero-order valence-electron chi connectivity index (χ0n) is 12.1. The average molecular weight is 276 g/mol. The van der Waals surface area contributed by atoms with E-state index in [-0.39, 0.29) is 0 Å². The van der Waals surface area contributed by atoms with Gasteiger partial charge < -0.3 is 20.1 Å². The summed E-state index contributed by atoms with van der Waals surface area (Å²) in [5, 5.41) is 13.5. The summed E-state index contributed by atoms with van der Waals surface area (Å²) >= 11 is 0. The van der Waals surface area contributed by atoms with Crippen LogP contribution >= 0.6 is 0 Å². The van der Waals surface area contributed by atoms with Crippen LogP contribution in [0, 0.1) is 0 Å². The molecule has 0 bridgehead atoms. The molecule has 3 rings (SSSR count). The van der Waals surface area contributed by atoms with E-state index in [1.54, 1.807) is 19.2 Å². The van der Waals surface area contributed by atoms with Crippen molar-refractivity contribution in [1.29, 1.82) is 0 Å². The van der Waals surface area contributed by atoms with Gasteiger partial charge in [-0.3, -0.25) is 0 Å². The van der Waals surface area contributed by atoms with Crippen LogP contribution < -0.4 is 10.1 Å². The summed E-state index contributed by atoms with van der Waals surface area (Å²) in [7, 11) is 1.65. The van der Waals surface area contributed by atoms with Gasteiger partial charge in [0, 0.05) is 24.2 Å². The Hall–Kier alpha value is -1.26. The second kappa shape index (κ2) is 6.02. The van der Waals surface area contributed by atoms with Gasteiger partial charge in [0.2, 0.25) is 0 Å². The van der Waals surface area contributed by atoms with Gasteiger partial charge in [-0.25, -0.2) is 0 Å². The Balaban J connectivity index is 1.56. The highest BCUT2D eigenvalue weighted by atomic mass is 16.5. The number of rotatable bonds is 4. The lowest BCUT2D eigenvalue weighted by molar-refractivity contribution is 0.166. The lowest BCUT2D eigenvalue weighted by Crippen LogP contribution is -2.45. The molecule has 2 N–H and O–H groups in total. The molecule has 2 atom stereocenters. The SMILES string of the molecule is COc1ccc(O)c(CNC2CCN3CCCC3C2)c1. The maximum Gasteiger partial charge on any atom is 0.120 e. The summed E-state index contributed by atoms with van der Waals surface area (Å²) in [6.45, 7) is 3.21. The summed E-state index contributed by atoms with van der Waals surface area (Å²) in [4.78, 5) is 2.63. The highest BCUT2D eigenvalue weighted by Gasteiger charge is 2.31. The molecule has 110 valence electrons. The second-order valence-corrected chi connectivity index (χ2v) is 5.93. The maximum absolute atomic E-state index is 9.91. The predicted octanol–water partition coefficient (Wildman–Crippen LogP) is 2.12. The van der Waals surface area contributed by atoms with Crippen LogP contribution in [-0.4, -0.2) is 42.3 Å². The lowest BCUT2D eigenvalue weighted by atomic mass is 9.97. The van der Waals surface area contributed by atoms with Crippen molar-refractivity contribution in [3.8, 4) is 11.5 Å². The van der Waals surface area contributed by atoms with E-state index in [1.807, 2.05) is 6.07 Å². The quantitative estimate of drug-likeness (QED) is 0.884. The first-order valence-electron chi connectivity index (χ1n) is 7.59. The first-order valence-corrected chi connectivity index (χ1v) is 7.59. The molecule has 0 radical (unpaired) electrons.